The maximum absolute atomic E-state index is 11.3. The third kappa shape index (κ3) is 2.76. The van der Waals surface area contributed by atoms with Gasteiger partial charge in [0.05, 0.1) is 0 Å². The monoisotopic (exact) mass is 193 g/mol. The highest BCUT2D eigenvalue weighted by Gasteiger charge is 2.15. The molecule has 0 aliphatic rings. The molecule has 1 aromatic rings. The molecule has 1 rings (SSSR count). The third-order valence-corrected chi connectivity index (χ3v) is 1.93. The lowest BCUT2D eigenvalue weighted by molar-refractivity contribution is -0.127. The summed E-state index contributed by atoms with van der Waals surface area (Å²) in [6.45, 7) is 1.92. The fraction of sp³-hybridized carbons (Fsp3) is 0.364. The highest BCUT2D eigenvalue weighted by Crippen LogP contribution is 2.12. The predicted molar refractivity (Wildman–Crippen MR) is 55.2 cm³/mol. The summed E-state index contributed by atoms with van der Waals surface area (Å²) < 4.78 is 5.50. The van der Waals surface area contributed by atoms with Crippen molar-refractivity contribution in [2.75, 3.05) is 7.05 Å². The van der Waals surface area contributed by atoms with Gasteiger partial charge in [0, 0.05) is 7.05 Å². The second-order valence-electron chi connectivity index (χ2n) is 2.94. The van der Waals surface area contributed by atoms with Crippen LogP contribution in [0.5, 0.6) is 5.75 Å². The normalized spacial score (nSPS) is 11.9. The first-order valence-corrected chi connectivity index (χ1v) is 4.71. The number of likely N-dealkylation sites (N-methyl/N-ethyl adjacent to an activating group) is 1. The minimum Gasteiger partial charge on any atom is -0.481 e. The molecular formula is C11H15NO2. The molecule has 0 saturated carbocycles. The molecule has 0 bridgehead atoms. The average molecular weight is 193 g/mol. The molecule has 0 fully saturated rings. The minimum absolute atomic E-state index is 0.0867. The maximum Gasteiger partial charge on any atom is 0.260 e. The van der Waals surface area contributed by atoms with Crippen LogP contribution in [-0.4, -0.2) is 19.1 Å². The number of hydrogen-bond acceptors (Lipinski definition) is 2. The summed E-state index contributed by atoms with van der Waals surface area (Å²) in [7, 11) is 1.61. The zero-order valence-corrected chi connectivity index (χ0v) is 8.49. The zero-order chi connectivity index (χ0) is 10.4. The number of ether oxygens (including phenoxy) is 1. The van der Waals surface area contributed by atoms with Crippen molar-refractivity contribution in [2.24, 2.45) is 0 Å². The number of benzene rings is 1. The Kier molecular flexibility index (Phi) is 3.98. The molecule has 3 nitrogen and oxygen atoms in total. The third-order valence-electron chi connectivity index (χ3n) is 1.93. The second-order valence-corrected chi connectivity index (χ2v) is 2.94. The number of carbonyl (C=O) groups is 1. The Morgan fingerprint density at radius 1 is 1.43 bits per heavy atom. The predicted octanol–water partition coefficient (Wildman–Crippen LogP) is 1.59. The largest absolute Gasteiger partial charge is 0.481 e. The van der Waals surface area contributed by atoms with E-state index in [1.54, 1.807) is 7.05 Å². The Labute approximate surface area is 84.1 Å². The van der Waals surface area contributed by atoms with Gasteiger partial charge >= 0.3 is 0 Å². The summed E-state index contributed by atoms with van der Waals surface area (Å²) in [6, 6.07) is 9.35. The van der Waals surface area contributed by atoms with Gasteiger partial charge in [-0.05, 0) is 18.6 Å². The molecule has 1 atom stereocenters. The van der Waals surface area contributed by atoms with E-state index in [0.717, 1.165) is 5.75 Å². The van der Waals surface area contributed by atoms with Gasteiger partial charge in [-0.3, -0.25) is 4.79 Å². The summed E-state index contributed by atoms with van der Waals surface area (Å²) in [6.07, 6.45) is 0.261. The van der Waals surface area contributed by atoms with E-state index in [0.29, 0.717) is 6.42 Å². The first-order chi connectivity index (χ1) is 6.77. The summed E-state index contributed by atoms with van der Waals surface area (Å²) in [5.74, 6) is 0.638. The molecule has 1 aromatic carbocycles. The molecule has 0 unspecified atom stereocenters. The van der Waals surface area contributed by atoms with Crippen LogP contribution in [0.3, 0.4) is 0 Å². The number of nitrogens with one attached hydrogen (secondary N) is 1. The molecule has 0 aliphatic heterocycles. The van der Waals surface area contributed by atoms with E-state index in [2.05, 4.69) is 5.32 Å². The molecule has 0 spiro atoms. The molecule has 3 heteroatoms. The van der Waals surface area contributed by atoms with Crippen molar-refractivity contribution >= 4 is 5.91 Å². The first kappa shape index (κ1) is 10.6. The number of para-hydroxylation sites is 1. The fourth-order valence-corrected chi connectivity index (χ4v) is 1.15. The average Bonchev–Trinajstić information content (AvgIpc) is 2.26. The molecule has 1 N–H and O–H groups in total. The lowest BCUT2D eigenvalue weighted by Gasteiger charge is -2.15. The van der Waals surface area contributed by atoms with Crippen LogP contribution in [0.2, 0.25) is 0 Å². The first-order valence-electron chi connectivity index (χ1n) is 4.71. The molecule has 1 amide bonds. The SMILES string of the molecule is CC[C@H](Oc1ccccc1)C(=O)NC. The Morgan fingerprint density at radius 2 is 2.07 bits per heavy atom. The number of hydrogen-bond donors (Lipinski definition) is 1. The zero-order valence-electron chi connectivity index (χ0n) is 8.49. The maximum atomic E-state index is 11.3. The molecule has 76 valence electrons. The van der Waals surface area contributed by atoms with Gasteiger partial charge in [0.25, 0.3) is 5.91 Å². The van der Waals surface area contributed by atoms with Crippen molar-refractivity contribution in [3.63, 3.8) is 0 Å². The van der Waals surface area contributed by atoms with Gasteiger partial charge in [0.1, 0.15) is 5.75 Å². The van der Waals surface area contributed by atoms with E-state index in [1.165, 1.54) is 0 Å². The second kappa shape index (κ2) is 5.27. The van der Waals surface area contributed by atoms with Crippen LogP contribution in [0.1, 0.15) is 13.3 Å². The van der Waals surface area contributed by atoms with Crippen LogP contribution in [0.15, 0.2) is 30.3 Å². The van der Waals surface area contributed by atoms with Gasteiger partial charge in [-0.15, -0.1) is 0 Å². The van der Waals surface area contributed by atoms with Crippen LogP contribution < -0.4 is 10.1 Å². The van der Waals surface area contributed by atoms with Gasteiger partial charge in [-0.2, -0.15) is 0 Å². The smallest absolute Gasteiger partial charge is 0.260 e. The Bertz CT molecular complexity index is 285. The number of amides is 1. The van der Waals surface area contributed by atoms with Crippen LogP contribution in [0.4, 0.5) is 0 Å². The minimum atomic E-state index is -0.401. The molecule has 0 aliphatic carbocycles. The van der Waals surface area contributed by atoms with Crippen molar-refractivity contribution < 1.29 is 9.53 Å². The lowest BCUT2D eigenvalue weighted by Crippen LogP contribution is -2.35. The highest BCUT2D eigenvalue weighted by atomic mass is 16.5. The van der Waals surface area contributed by atoms with Crippen molar-refractivity contribution in [1.29, 1.82) is 0 Å². The van der Waals surface area contributed by atoms with Gasteiger partial charge in [0.2, 0.25) is 0 Å². The Morgan fingerprint density at radius 3 is 2.57 bits per heavy atom. The Balaban J connectivity index is 2.62. The van der Waals surface area contributed by atoms with Crippen LogP contribution in [0.25, 0.3) is 0 Å². The van der Waals surface area contributed by atoms with Crippen molar-refractivity contribution in [1.82, 2.24) is 5.32 Å². The van der Waals surface area contributed by atoms with Crippen LogP contribution in [-0.2, 0) is 4.79 Å². The van der Waals surface area contributed by atoms with E-state index < -0.39 is 6.10 Å². The molecule has 0 heterocycles. The fourth-order valence-electron chi connectivity index (χ4n) is 1.15. The topological polar surface area (TPSA) is 38.3 Å². The van der Waals surface area contributed by atoms with Crippen molar-refractivity contribution in [2.45, 2.75) is 19.4 Å². The summed E-state index contributed by atoms with van der Waals surface area (Å²) >= 11 is 0. The quantitative estimate of drug-likeness (QED) is 0.788. The summed E-state index contributed by atoms with van der Waals surface area (Å²) in [5, 5.41) is 2.57. The van der Waals surface area contributed by atoms with E-state index in [4.69, 9.17) is 4.74 Å². The van der Waals surface area contributed by atoms with Gasteiger partial charge in [-0.1, -0.05) is 25.1 Å². The molecular weight excluding hydrogens is 178 g/mol. The van der Waals surface area contributed by atoms with E-state index in [9.17, 15) is 4.79 Å². The van der Waals surface area contributed by atoms with Crippen molar-refractivity contribution in [3.05, 3.63) is 30.3 Å². The standard InChI is InChI=1S/C11H15NO2/c1-3-10(11(13)12-2)14-9-7-5-4-6-8-9/h4-8,10H,3H2,1-2H3,(H,12,13)/t10-/m0/s1. The van der Waals surface area contributed by atoms with Crippen molar-refractivity contribution in [3.8, 4) is 5.75 Å². The molecule has 14 heavy (non-hydrogen) atoms. The van der Waals surface area contributed by atoms with Crippen LogP contribution in [0, 0.1) is 0 Å². The summed E-state index contributed by atoms with van der Waals surface area (Å²) in [4.78, 5) is 11.3. The van der Waals surface area contributed by atoms with Crippen LogP contribution >= 0.6 is 0 Å². The number of carbonyl (C=O) groups excluding carboxylic acids is 1. The Hall–Kier alpha value is -1.51. The molecule has 0 saturated heterocycles. The molecule has 0 aromatic heterocycles. The summed E-state index contributed by atoms with van der Waals surface area (Å²) in [5.41, 5.74) is 0. The van der Waals surface area contributed by atoms with E-state index in [1.807, 2.05) is 37.3 Å². The van der Waals surface area contributed by atoms with E-state index in [-0.39, 0.29) is 5.91 Å². The lowest BCUT2D eigenvalue weighted by atomic mass is 10.2. The molecule has 0 radical (unpaired) electrons. The van der Waals surface area contributed by atoms with Gasteiger partial charge < -0.3 is 10.1 Å². The van der Waals surface area contributed by atoms with Gasteiger partial charge in [0.15, 0.2) is 6.10 Å². The van der Waals surface area contributed by atoms with E-state index >= 15 is 0 Å². The number of rotatable bonds is 4. The highest BCUT2D eigenvalue weighted by molar-refractivity contribution is 5.80. The van der Waals surface area contributed by atoms with Gasteiger partial charge in [-0.25, -0.2) is 0 Å².